The first-order valence-corrected chi connectivity index (χ1v) is 18.4. The number of phenolic OH excluding ortho intramolecular Hbond substituents is 1. The largest absolute Gasteiger partial charge is 0.506 e. The van der Waals surface area contributed by atoms with Crippen molar-refractivity contribution in [2.45, 2.75) is 98.1 Å². The zero-order valence-electron chi connectivity index (χ0n) is 32.5. The number of esters is 1. The normalized spacial score (nSPS) is 12.9. The molecule has 290 valence electrons. The van der Waals surface area contributed by atoms with Crippen molar-refractivity contribution in [1.29, 1.82) is 0 Å². The maximum atomic E-state index is 12.8. The number of alkyl carbamates (subject to hydrolysis) is 1. The minimum atomic E-state index is -0.703. The van der Waals surface area contributed by atoms with Gasteiger partial charge in [-0.2, -0.15) is 0 Å². The molecule has 0 saturated carbocycles. The lowest BCUT2D eigenvalue weighted by molar-refractivity contribution is -0.159. The van der Waals surface area contributed by atoms with E-state index in [1.54, 1.807) is 60.6 Å². The topological polar surface area (TPSA) is 136 Å². The number of anilines is 1. The number of nitrogens with one attached hydrogen (secondary N) is 2. The van der Waals surface area contributed by atoms with Crippen molar-refractivity contribution in [3.63, 3.8) is 0 Å². The average Bonchev–Trinajstić information content (AvgIpc) is 3.06. The van der Waals surface area contributed by atoms with Crippen LogP contribution in [0.1, 0.15) is 78.0 Å². The van der Waals surface area contributed by atoms with Crippen molar-refractivity contribution >= 4 is 23.7 Å². The summed E-state index contributed by atoms with van der Waals surface area (Å²) >= 11 is 0. The van der Waals surface area contributed by atoms with Crippen LogP contribution in [0.4, 0.5) is 10.5 Å². The first-order chi connectivity index (χ1) is 25.1. The number of aromatic hydroxyl groups is 1. The molecule has 11 nitrogen and oxygen atoms in total. The van der Waals surface area contributed by atoms with Crippen LogP contribution < -0.4 is 10.6 Å². The van der Waals surface area contributed by atoms with Gasteiger partial charge < -0.3 is 34.7 Å². The Morgan fingerprint density at radius 3 is 1.87 bits per heavy atom. The van der Waals surface area contributed by atoms with Crippen molar-refractivity contribution in [3.05, 3.63) is 95.6 Å². The number of amides is 2. The maximum Gasteiger partial charge on any atom is 0.407 e. The van der Waals surface area contributed by atoms with Crippen LogP contribution in [0.2, 0.25) is 0 Å². The summed E-state index contributed by atoms with van der Waals surface area (Å²) in [5, 5.41) is 16.1. The van der Waals surface area contributed by atoms with Crippen molar-refractivity contribution < 1.29 is 38.4 Å². The summed E-state index contributed by atoms with van der Waals surface area (Å²) in [6.45, 7) is 16.4. The van der Waals surface area contributed by atoms with Gasteiger partial charge in [-0.3, -0.25) is 14.5 Å². The predicted molar refractivity (Wildman–Crippen MR) is 206 cm³/mol. The molecule has 2 atom stereocenters. The predicted octanol–water partition coefficient (Wildman–Crippen LogP) is 7.26. The molecule has 3 N–H and O–H groups in total. The molecule has 0 saturated heterocycles. The highest BCUT2D eigenvalue weighted by Crippen LogP contribution is 2.26. The number of benzene rings is 3. The zero-order chi connectivity index (χ0) is 38.9. The van der Waals surface area contributed by atoms with Crippen LogP contribution in [0.3, 0.4) is 0 Å². The summed E-state index contributed by atoms with van der Waals surface area (Å²) in [5.74, 6) is -1.29. The van der Waals surface area contributed by atoms with E-state index >= 15 is 0 Å². The van der Waals surface area contributed by atoms with Crippen LogP contribution in [0.5, 0.6) is 5.75 Å². The minimum Gasteiger partial charge on any atom is -0.506 e. The Balaban J connectivity index is 1.45. The van der Waals surface area contributed by atoms with Crippen LogP contribution >= 0.6 is 0 Å². The number of hydrogen-bond acceptors (Lipinski definition) is 9. The summed E-state index contributed by atoms with van der Waals surface area (Å²) < 4.78 is 22.5. The van der Waals surface area contributed by atoms with Gasteiger partial charge in [0.1, 0.15) is 17.0 Å². The number of hydrogen-bond donors (Lipinski definition) is 3. The molecule has 11 heteroatoms. The van der Waals surface area contributed by atoms with E-state index < -0.39 is 29.3 Å². The Hall–Kier alpha value is -4.45. The third-order valence-corrected chi connectivity index (χ3v) is 7.88. The average molecular weight is 734 g/mol. The second-order valence-electron chi connectivity index (χ2n) is 15.3. The van der Waals surface area contributed by atoms with Crippen molar-refractivity contribution in [3.8, 4) is 5.75 Å². The first-order valence-electron chi connectivity index (χ1n) is 18.4. The monoisotopic (exact) mass is 733 g/mol. The Labute approximate surface area is 315 Å². The number of rotatable bonds is 20. The molecule has 1 unspecified atom stereocenters. The number of ether oxygens (including phenoxy) is 4. The molecule has 3 rings (SSSR count). The molecule has 0 aliphatic rings. The Kier molecular flexibility index (Phi) is 17.3. The fraction of sp³-hybridized carbons (Fsp3) is 0.500. The summed E-state index contributed by atoms with van der Waals surface area (Å²) in [4.78, 5) is 40.5. The maximum absolute atomic E-state index is 12.8. The highest BCUT2D eigenvalue weighted by Gasteiger charge is 2.27. The number of phenols is 1. The third kappa shape index (κ3) is 18.2. The SMILES string of the molecule is CC(C[C@H](Cc1ccc(O)c(NC(=O)CCOCCOCCN(Cc2ccccc2)Cc2ccccc2)c1)NC(=O)OC(C)(C)C)C(=O)OC(C)(C)C. The van der Waals surface area contributed by atoms with Gasteiger partial charge in [-0.15, -0.1) is 0 Å². The molecule has 53 heavy (non-hydrogen) atoms. The summed E-state index contributed by atoms with van der Waals surface area (Å²) in [6, 6.07) is 25.1. The van der Waals surface area contributed by atoms with E-state index in [1.165, 1.54) is 17.2 Å². The molecule has 3 aromatic rings. The van der Waals surface area contributed by atoms with Gasteiger partial charge >= 0.3 is 12.1 Å². The molecule has 0 bridgehead atoms. The van der Waals surface area contributed by atoms with Crippen LogP contribution in [-0.2, 0) is 48.0 Å². The van der Waals surface area contributed by atoms with E-state index in [2.05, 4.69) is 39.8 Å². The second kappa shape index (κ2) is 21.3. The molecule has 0 heterocycles. The fourth-order valence-electron chi connectivity index (χ4n) is 5.48. The molecule has 0 aliphatic heterocycles. The van der Waals surface area contributed by atoms with E-state index in [0.717, 1.165) is 25.2 Å². The van der Waals surface area contributed by atoms with Crippen LogP contribution in [0, 0.1) is 5.92 Å². The van der Waals surface area contributed by atoms with Gasteiger partial charge in [0.2, 0.25) is 5.91 Å². The molecule has 0 radical (unpaired) electrons. The number of carbonyl (C=O) groups excluding carboxylic acids is 3. The van der Waals surface area contributed by atoms with Gasteiger partial charge in [0.25, 0.3) is 0 Å². The van der Waals surface area contributed by atoms with E-state index in [-0.39, 0.29) is 42.8 Å². The van der Waals surface area contributed by atoms with Crippen LogP contribution in [0.15, 0.2) is 78.9 Å². The minimum absolute atomic E-state index is 0.0851. The van der Waals surface area contributed by atoms with Gasteiger partial charge in [-0.05, 0) is 83.2 Å². The lowest BCUT2D eigenvalue weighted by Gasteiger charge is -2.27. The smallest absolute Gasteiger partial charge is 0.407 e. The van der Waals surface area contributed by atoms with Gasteiger partial charge in [-0.1, -0.05) is 73.7 Å². The zero-order valence-corrected chi connectivity index (χ0v) is 32.5. The molecule has 0 spiro atoms. The van der Waals surface area contributed by atoms with Crippen molar-refractivity contribution in [1.82, 2.24) is 10.2 Å². The van der Waals surface area contributed by atoms with E-state index in [4.69, 9.17) is 18.9 Å². The number of carbonyl (C=O) groups is 3. The molecular weight excluding hydrogens is 674 g/mol. The van der Waals surface area contributed by atoms with Crippen LogP contribution in [0.25, 0.3) is 0 Å². The van der Waals surface area contributed by atoms with E-state index in [9.17, 15) is 19.5 Å². The Bertz CT molecular complexity index is 1510. The Morgan fingerprint density at radius 2 is 1.30 bits per heavy atom. The summed E-state index contributed by atoms with van der Waals surface area (Å²) in [7, 11) is 0. The highest BCUT2D eigenvalue weighted by atomic mass is 16.6. The molecular formula is C42H59N3O8. The molecule has 0 fully saturated rings. The molecule has 3 aromatic carbocycles. The van der Waals surface area contributed by atoms with Gasteiger partial charge in [-0.25, -0.2) is 4.79 Å². The third-order valence-electron chi connectivity index (χ3n) is 7.88. The summed E-state index contributed by atoms with van der Waals surface area (Å²) in [6.07, 6.45) is 0.0819. The molecule has 2 amide bonds. The number of nitrogens with zero attached hydrogens (tertiary/aromatic N) is 1. The van der Waals surface area contributed by atoms with Gasteiger partial charge in [0, 0.05) is 25.7 Å². The lowest BCUT2D eigenvalue weighted by atomic mass is 9.95. The molecule has 0 aromatic heterocycles. The quantitative estimate of drug-likeness (QED) is 0.0623. The fourth-order valence-corrected chi connectivity index (χ4v) is 5.48. The van der Waals surface area contributed by atoms with Crippen molar-refractivity contribution in [2.24, 2.45) is 5.92 Å². The van der Waals surface area contributed by atoms with Gasteiger partial charge in [0.15, 0.2) is 0 Å². The molecule has 0 aliphatic carbocycles. The highest BCUT2D eigenvalue weighted by molar-refractivity contribution is 5.92. The first kappa shape index (κ1) is 43.0. The van der Waals surface area contributed by atoms with E-state index in [0.29, 0.717) is 26.2 Å². The second-order valence-corrected chi connectivity index (χ2v) is 15.3. The van der Waals surface area contributed by atoms with Crippen LogP contribution in [-0.4, -0.2) is 78.2 Å². The van der Waals surface area contributed by atoms with E-state index in [1.807, 2.05) is 36.4 Å². The summed E-state index contributed by atoms with van der Waals surface area (Å²) in [5.41, 5.74) is 2.11. The Morgan fingerprint density at radius 1 is 0.736 bits per heavy atom. The lowest BCUT2D eigenvalue weighted by Crippen LogP contribution is -2.42. The van der Waals surface area contributed by atoms with Crippen molar-refractivity contribution in [2.75, 3.05) is 38.3 Å². The van der Waals surface area contributed by atoms with Gasteiger partial charge in [0.05, 0.1) is 44.5 Å². The standard InChI is InChI=1S/C42H59N3O8/c1-31(39(48)52-41(2,3)4)26-35(43-40(49)53-42(5,6)7)27-34-18-19-37(46)36(28-34)44-38(47)20-22-50-24-25-51-23-21-45(29-32-14-10-8-11-15-32)30-33-16-12-9-13-17-33/h8-19,28,31,35,46H,20-27,29-30H2,1-7H3,(H,43,49)(H,44,47)/t31?,35-/m1/s1.